The van der Waals surface area contributed by atoms with Gasteiger partial charge in [-0.25, -0.2) is 4.63 Å². The van der Waals surface area contributed by atoms with E-state index < -0.39 is 0 Å². The summed E-state index contributed by atoms with van der Waals surface area (Å²) in [4.78, 5) is 0. The Hall–Kier alpha value is -1.84. The summed E-state index contributed by atoms with van der Waals surface area (Å²) >= 11 is 0. The standard InChI is InChI=1S/C12H14N2O2/c1-3-10-6-4-5-7-12(10)15-8-11-9(2)13-16-14-11/h4-7H,3,8H2,1-2H3. The largest absolute Gasteiger partial charge is 0.487 e. The first-order chi connectivity index (χ1) is 7.81. The van der Waals surface area contributed by atoms with E-state index in [4.69, 9.17) is 4.74 Å². The minimum atomic E-state index is 0.395. The lowest BCUT2D eigenvalue weighted by atomic mass is 10.1. The summed E-state index contributed by atoms with van der Waals surface area (Å²) in [6, 6.07) is 7.99. The van der Waals surface area contributed by atoms with Gasteiger partial charge in [0.2, 0.25) is 0 Å². The molecule has 0 atom stereocenters. The lowest BCUT2D eigenvalue weighted by molar-refractivity contribution is 0.268. The smallest absolute Gasteiger partial charge is 0.145 e. The van der Waals surface area contributed by atoms with Crippen LogP contribution in [0.2, 0.25) is 0 Å². The highest BCUT2D eigenvalue weighted by Gasteiger charge is 2.07. The topological polar surface area (TPSA) is 48.2 Å². The molecule has 1 heterocycles. The first-order valence-electron chi connectivity index (χ1n) is 5.30. The van der Waals surface area contributed by atoms with Crippen LogP contribution in [-0.4, -0.2) is 10.3 Å². The highest BCUT2D eigenvalue weighted by atomic mass is 16.6. The zero-order chi connectivity index (χ0) is 11.4. The fourth-order valence-electron chi connectivity index (χ4n) is 1.46. The molecule has 84 valence electrons. The summed E-state index contributed by atoms with van der Waals surface area (Å²) in [7, 11) is 0. The molecule has 0 saturated heterocycles. The average molecular weight is 218 g/mol. The molecule has 2 rings (SSSR count). The predicted octanol–water partition coefficient (Wildman–Crippen LogP) is 2.52. The van der Waals surface area contributed by atoms with Crippen LogP contribution < -0.4 is 4.74 Å². The molecule has 0 fully saturated rings. The molecule has 1 aromatic carbocycles. The number of ether oxygens (including phenoxy) is 1. The summed E-state index contributed by atoms with van der Waals surface area (Å²) in [6.07, 6.45) is 0.951. The Balaban J connectivity index is 2.07. The maximum absolute atomic E-state index is 5.69. The minimum absolute atomic E-state index is 0.395. The molecule has 0 radical (unpaired) electrons. The SMILES string of the molecule is CCc1ccccc1OCc1nonc1C. The molecule has 4 heteroatoms. The quantitative estimate of drug-likeness (QED) is 0.791. The van der Waals surface area contributed by atoms with E-state index >= 15 is 0 Å². The van der Waals surface area contributed by atoms with Crippen LogP contribution in [-0.2, 0) is 13.0 Å². The average Bonchev–Trinajstić information content (AvgIpc) is 2.72. The monoisotopic (exact) mass is 218 g/mol. The number of aromatic nitrogens is 2. The van der Waals surface area contributed by atoms with Crippen LogP contribution in [0, 0.1) is 6.92 Å². The molecule has 0 aliphatic heterocycles. The van der Waals surface area contributed by atoms with Crippen molar-refractivity contribution in [2.24, 2.45) is 0 Å². The van der Waals surface area contributed by atoms with Crippen molar-refractivity contribution in [2.45, 2.75) is 26.9 Å². The Morgan fingerprint density at radius 3 is 2.75 bits per heavy atom. The van der Waals surface area contributed by atoms with Crippen molar-refractivity contribution in [3.63, 3.8) is 0 Å². The van der Waals surface area contributed by atoms with Gasteiger partial charge in [-0.1, -0.05) is 35.4 Å². The van der Waals surface area contributed by atoms with Gasteiger partial charge in [0.25, 0.3) is 0 Å². The van der Waals surface area contributed by atoms with Gasteiger partial charge in [-0.2, -0.15) is 0 Å². The van der Waals surface area contributed by atoms with Crippen LogP contribution in [0.15, 0.2) is 28.9 Å². The second-order valence-electron chi connectivity index (χ2n) is 3.55. The highest BCUT2D eigenvalue weighted by Crippen LogP contribution is 2.19. The van der Waals surface area contributed by atoms with Crippen molar-refractivity contribution in [2.75, 3.05) is 0 Å². The van der Waals surface area contributed by atoms with Crippen LogP contribution in [0.1, 0.15) is 23.9 Å². The fourth-order valence-corrected chi connectivity index (χ4v) is 1.46. The second kappa shape index (κ2) is 4.79. The zero-order valence-corrected chi connectivity index (χ0v) is 9.43. The van der Waals surface area contributed by atoms with Gasteiger partial charge in [0.05, 0.1) is 0 Å². The number of nitrogens with zero attached hydrogens (tertiary/aromatic N) is 2. The van der Waals surface area contributed by atoms with E-state index in [1.807, 2.05) is 25.1 Å². The number of hydrogen-bond acceptors (Lipinski definition) is 4. The van der Waals surface area contributed by atoms with Crippen LogP contribution in [0.3, 0.4) is 0 Å². The number of rotatable bonds is 4. The summed E-state index contributed by atoms with van der Waals surface area (Å²) in [5.74, 6) is 0.896. The Kier molecular flexibility index (Phi) is 3.19. The van der Waals surface area contributed by atoms with E-state index in [0.717, 1.165) is 23.6 Å². The molecule has 2 aromatic rings. The molecule has 0 amide bonds. The van der Waals surface area contributed by atoms with Gasteiger partial charge in [-0.3, -0.25) is 0 Å². The van der Waals surface area contributed by atoms with Crippen LogP contribution in [0.5, 0.6) is 5.75 Å². The van der Waals surface area contributed by atoms with Crippen molar-refractivity contribution >= 4 is 0 Å². The Labute approximate surface area is 94.2 Å². The van der Waals surface area contributed by atoms with Crippen LogP contribution in [0.4, 0.5) is 0 Å². The van der Waals surface area contributed by atoms with Crippen molar-refractivity contribution < 1.29 is 9.37 Å². The molecule has 0 N–H and O–H groups in total. The summed E-state index contributed by atoms with van der Waals surface area (Å²) in [6.45, 7) is 4.35. The van der Waals surface area contributed by atoms with Crippen molar-refractivity contribution in [3.8, 4) is 5.75 Å². The summed E-state index contributed by atoms with van der Waals surface area (Å²) in [5, 5.41) is 7.48. The molecule has 1 aromatic heterocycles. The number of hydrogen-bond donors (Lipinski definition) is 0. The van der Waals surface area contributed by atoms with Crippen molar-refractivity contribution in [3.05, 3.63) is 41.2 Å². The van der Waals surface area contributed by atoms with E-state index in [0.29, 0.717) is 6.61 Å². The molecule has 0 unspecified atom stereocenters. The van der Waals surface area contributed by atoms with Gasteiger partial charge in [-0.15, -0.1) is 0 Å². The lowest BCUT2D eigenvalue weighted by Gasteiger charge is -2.08. The van der Waals surface area contributed by atoms with E-state index in [1.165, 1.54) is 5.56 Å². The third kappa shape index (κ3) is 2.21. The van der Waals surface area contributed by atoms with Crippen LogP contribution >= 0.6 is 0 Å². The first-order valence-corrected chi connectivity index (χ1v) is 5.30. The molecule has 0 saturated carbocycles. The summed E-state index contributed by atoms with van der Waals surface area (Å²) in [5.41, 5.74) is 2.71. The molecule has 0 aliphatic rings. The molecule has 16 heavy (non-hydrogen) atoms. The second-order valence-corrected chi connectivity index (χ2v) is 3.55. The molecule has 0 aliphatic carbocycles. The molecule has 0 spiro atoms. The minimum Gasteiger partial charge on any atom is -0.487 e. The van der Waals surface area contributed by atoms with Crippen molar-refractivity contribution in [1.29, 1.82) is 0 Å². The highest BCUT2D eigenvalue weighted by molar-refractivity contribution is 5.33. The number of benzene rings is 1. The maximum Gasteiger partial charge on any atom is 0.145 e. The van der Waals surface area contributed by atoms with Gasteiger partial charge in [0.15, 0.2) is 0 Å². The fraction of sp³-hybridized carbons (Fsp3) is 0.333. The van der Waals surface area contributed by atoms with E-state index in [2.05, 4.69) is 27.9 Å². The molecular weight excluding hydrogens is 204 g/mol. The van der Waals surface area contributed by atoms with E-state index in [1.54, 1.807) is 0 Å². The summed E-state index contributed by atoms with van der Waals surface area (Å²) < 4.78 is 10.3. The van der Waals surface area contributed by atoms with E-state index in [9.17, 15) is 0 Å². The number of para-hydroxylation sites is 1. The normalized spacial score (nSPS) is 10.4. The molecule has 4 nitrogen and oxygen atoms in total. The van der Waals surface area contributed by atoms with Gasteiger partial charge in [0.1, 0.15) is 23.7 Å². The third-order valence-corrected chi connectivity index (χ3v) is 2.46. The Morgan fingerprint density at radius 1 is 1.25 bits per heavy atom. The van der Waals surface area contributed by atoms with Crippen LogP contribution in [0.25, 0.3) is 0 Å². The lowest BCUT2D eigenvalue weighted by Crippen LogP contribution is -1.99. The van der Waals surface area contributed by atoms with Gasteiger partial charge in [0, 0.05) is 0 Å². The number of aryl methyl sites for hydroxylation is 2. The molecular formula is C12H14N2O2. The van der Waals surface area contributed by atoms with Gasteiger partial charge in [-0.05, 0) is 25.0 Å². The Bertz CT molecular complexity index is 466. The first kappa shape index (κ1) is 10.7. The van der Waals surface area contributed by atoms with Gasteiger partial charge < -0.3 is 4.74 Å². The third-order valence-electron chi connectivity index (χ3n) is 2.46. The zero-order valence-electron chi connectivity index (χ0n) is 9.43. The Morgan fingerprint density at radius 2 is 2.06 bits per heavy atom. The van der Waals surface area contributed by atoms with Gasteiger partial charge >= 0.3 is 0 Å². The maximum atomic E-state index is 5.69. The predicted molar refractivity (Wildman–Crippen MR) is 59.2 cm³/mol. The molecule has 0 bridgehead atoms. The van der Waals surface area contributed by atoms with E-state index in [-0.39, 0.29) is 0 Å². The van der Waals surface area contributed by atoms with Crippen molar-refractivity contribution in [1.82, 2.24) is 10.3 Å².